The van der Waals surface area contributed by atoms with Crippen molar-refractivity contribution in [3.8, 4) is 23.3 Å². The molecular weight excluding hydrogens is 415 g/mol. The van der Waals surface area contributed by atoms with Gasteiger partial charge in [-0.3, -0.25) is 9.69 Å². The number of nitrogens with zero attached hydrogens (tertiary/aromatic N) is 1. The zero-order valence-corrected chi connectivity index (χ0v) is 17.6. The minimum Gasteiger partial charge on any atom is -0.513 e. The zero-order valence-electron chi connectivity index (χ0n) is 17.6. The summed E-state index contributed by atoms with van der Waals surface area (Å²) in [4.78, 5) is 14.6. The Hall–Kier alpha value is -3.32. The maximum Gasteiger partial charge on any atom is 0.573 e. The molecule has 2 rings (SSSR count). The molecule has 1 amide bonds. The van der Waals surface area contributed by atoms with Gasteiger partial charge in [0.15, 0.2) is 6.10 Å². The van der Waals surface area contributed by atoms with Crippen molar-refractivity contribution in [2.24, 2.45) is 0 Å². The fourth-order valence-electron chi connectivity index (χ4n) is 2.55. The van der Waals surface area contributed by atoms with Crippen molar-refractivity contribution in [1.29, 1.82) is 0 Å². The van der Waals surface area contributed by atoms with Crippen molar-refractivity contribution in [3.63, 3.8) is 0 Å². The molecule has 0 bridgehead atoms. The molecule has 0 saturated carbocycles. The number of anilines is 1. The average molecular weight is 439 g/mol. The SMILES string of the molecule is C/C(C#CCN(C)C)=C(\C=C(/C)O)NC(=O)C1CNc2cc(OC(F)(F)F)ccc2O1. The van der Waals surface area contributed by atoms with E-state index in [4.69, 9.17) is 4.74 Å². The predicted octanol–water partition coefficient (Wildman–Crippen LogP) is 3.18. The smallest absolute Gasteiger partial charge is 0.513 e. The zero-order chi connectivity index (χ0) is 23.2. The summed E-state index contributed by atoms with van der Waals surface area (Å²) in [5.41, 5.74) is 1.14. The molecule has 1 atom stereocenters. The molecule has 1 aliphatic heterocycles. The summed E-state index contributed by atoms with van der Waals surface area (Å²) < 4.78 is 46.6. The molecule has 1 aromatic carbocycles. The second kappa shape index (κ2) is 10.1. The van der Waals surface area contributed by atoms with E-state index in [1.807, 2.05) is 19.0 Å². The van der Waals surface area contributed by atoms with Crippen molar-refractivity contribution >= 4 is 11.6 Å². The number of alkyl halides is 3. The molecule has 0 aromatic heterocycles. The van der Waals surface area contributed by atoms with Crippen molar-refractivity contribution in [1.82, 2.24) is 10.2 Å². The molecule has 1 heterocycles. The van der Waals surface area contributed by atoms with E-state index >= 15 is 0 Å². The van der Waals surface area contributed by atoms with E-state index < -0.39 is 24.1 Å². The number of ether oxygens (including phenoxy) is 2. The van der Waals surface area contributed by atoms with Gasteiger partial charge < -0.3 is 25.2 Å². The number of allylic oxidation sites excluding steroid dienone is 3. The highest BCUT2D eigenvalue weighted by molar-refractivity contribution is 5.85. The van der Waals surface area contributed by atoms with Gasteiger partial charge in [-0.25, -0.2) is 0 Å². The fourth-order valence-corrected chi connectivity index (χ4v) is 2.55. The summed E-state index contributed by atoms with van der Waals surface area (Å²) in [5, 5.41) is 15.2. The molecule has 0 saturated heterocycles. The highest BCUT2D eigenvalue weighted by atomic mass is 19.4. The lowest BCUT2D eigenvalue weighted by Crippen LogP contribution is -2.44. The Morgan fingerprint density at radius 1 is 1.42 bits per heavy atom. The van der Waals surface area contributed by atoms with E-state index in [2.05, 4.69) is 27.2 Å². The number of rotatable bonds is 5. The highest BCUT2D eigenvalue weighted by Crippen LogP contribution is 2.34. The summed E-state index contributed by atoms with van der Waals surface area (Å²) >= 11 is 0. The second-order valence-electron chi connectivity index (χ2n) is 7.05. The number of hydrogen-bond acceptors (Lipinski definition) is 6. The van der Waals surface area contributed by atoms with Crippen LogP contribution in [0.5, 0.6) is 11.5 Å². The van der Waals surface area contributed by atoms with Crippen LogP contribution in [0.2, 0.25) is 0 Å². The summed E-state index contributed by atoms with van der Waals surface area (Å²) in [6, 6.07) is 3.53. The van der Waals surface area contributed by atoms with Crippen molar-refractivity contribution in [2.45, 2.75) is 26.3 Å². The number of halogens is 3. The van der Waals surface area contributed by atoms with Crippen LogP contribution in [0.25, 0.3) is 0 Å². The lowest BCUT2D eigenvalue weighted by atomic mass is 10.1. The second-order valence-corrected chi connectivity index (χ2v) is 7.05. The van der Waals surface area contributed by atoms with E-state index in [1.54, 1.807) is 6.92 Å². The monoisotopic (exact) mass is 439 g/mol. The Morgan fingerprint density at radius 2 is 2.13 bits per heavy atom. The van der Waals surface area contributed by atoms with E-state index in [-0.39, 0.29) is 23.7 Å². The van der Waals surface area contributed by atoms with Crippen LogP contribution in [0.15, 0.2) is 41.3 Å². The molecular formula is C21H24F3N3O4. The number of hydrogen-bond donors (Lipinski definition) is 3. The van der Waals surface area contributed by atoms with Gasteiger partial charge in [-0.15, -0.1) is 13.2 Å². The number of aliphatic hydroxyl groups excluding tert-OH is 1. The number of benzene rings is 1. The minimum atomic E-state index is -4.80. The molecule has 0 fully saturated rings. The lowest BCUT2D eigenvalue weighted by molar-refractivity contribution is -0.274. The first-order valence-corrected chi connectivity index (χ1v) is 9.27. The topological polar surface area (TPSA) is 83.1 Å². The molecule has 168 valence electrons. The van der Waals surface area contributed by atoms with Crippen LogP contribution in [0, 0.1) is 11.8 Å². The van der Waals surface area contributed by atoms with Gasteiger partial charge in [0.1, 0.15) is 11.5 Å². The normalized spacial score (nSPS) is 16.8. The van der Waals surface area contributed by atoms with Gasteiger partial charge in [0.2, 0.25) is 0 Å². The first-order chi connectivity index (χ1) is 14.4. The van der Waals surface area contributed by atoms with Crippen LogP contribution in [0.3, 0.4) is 0 Å². The number of aliphatic hydroxyl groups is 1. The summed E-state index contributed by atoms with van der Waals surface area (Å²) in [6.07, 6.45) is -4.38. The van der Waals surface area contributed by atoms with Crippen molar-refractivity contribution in [3.05, 3.63) is 41.3 Å². The van der Waals surface area contributed by atoms with Crippen molar-refractivity contribution < 1.29 is 32.5 Å². The number of fused-ring (bicyclic) bond motifs is 1. The summed E-state index contributed by atoms with van der Waals surface area (Å²) in [5.74, 6) is 5.16. The van der Waals surface area contributed by atoms with Gasteiger partial charge in [-0.2, -0.15) is 0 Å². The molecule has 31 heavy (non-hydrogen) atoms. The molecule has 10 heteroatoms. The third-order valence-corrected chi connectivity index (χ3v) is 3.91. The molecule has 1 aromatic rings. The number of carbonyl (C=O) groups excluding carboxylic acids is 1. The first-order valence-electron chi connectivity index (χ1n) is 9.27. The van der Waals surface area contributed by atoms with Crippen LogP contribution in [-0.2, 0) is 4.79 Å². The Bertz CT molecular complexity index is 939. The maximum atomic E-state index is 12.7. The summed E-state index contributed by atoms with van der Waals surface area (Å²) in [6.45, 7) is 3.71. The Kier molecular flexibility index (Phi) is 7.83. The van der Waals surface area contributed by atoms with E-state index in [0.29, 0.717) is 17.8 Å². The Balaban J connectivity index is 2.14. The molecule has 1 aliphatic rings. The Labute approximate surface area is 178 Å². The van der Waals surface area contributed by atoms with Crippen LogP contribution < -0.4 is 20.1 Å². The molecule has 0 radical (unpaired) electrons. The van der Waals surface area contributed by atoms with Crippen LogP contribution in [-0.4, -0.2) is 55.6 Å². The largest absolute Gasteiger partial charge is 0.573 e. The van der Waals surface area contributed by atoms with Gasteiger partial charge in [0, 0.05) is 11.6 Å². The van der Waals surface area contributed by atoms with Gasteiger partial charge in [-0.05, 0) is 46.2 Å². The lowest BCUT2D eigenvalue weighted by Gasteiger charge is -2.27. The van der Waals surface area contributed by atoms with Gasteiger partial charge in [-0.1, -0.05) is 11.8 Å². The fraction of sp³-hybridized carbons (Fsp3) is 0.381. The quantitative estimate of drug-likeness (QED) is 0.371. The third kappa shape index (κ3) is 7.79. The maximum absolute atomic E-state index is 12.7. The van der Waals surface area contributed by atoms with Gasteiger partial charge >= 0.3 is 6.36 Å². The molecule has 7 nitrogen and oxygen atoms in total. The number of carbonyl (C=O) groups is 1. The molecule has 0 spiro atoms. The van der Waals surface area contributed by atoms with Crippen molar-refractivity contribution in [2.75, 3.05) is 32.5 Å². The molecule has 0 aliphatic carbocycles. The minimum absolute atomic E-state index is 0.0192. The number of nitrogens with one attached hydrogen (secondary N) is 2. The van der Waals surface area contributed by atoms with Crippen LogP contribution >= 0.6 is 0 Å². The first kappa shape index (κ1) is 24.0. The standard InChI is InChI=1S/C21H24F3N3O4/c1-13(6-5-9-27(3)4)16(10-14(2)28)26-20(29)19-12-25-17-11-15(31-21(22,23)24)7-8-18(17)30-19/h7-8,10-11,19,25,28H,9,12H2,1-4H3,(H,26,29)/b14-10+,16-13-. The van der Waals surface area contributed by atoms with Crippen LogP contribution in [0.1, 0.15) is 13.8 Å². The third-order valence-electron chi connectivity index (χ3n) is 3.91. The van der Waals surface area contributed by atoms with E-state index in [1.165, 1.54) is 19.1 Å². The van der Waals surface area contributed by atoms with Gasteiger partial charge in [0.05, 0.1) is 30.2 Å². The summed E-state index contributed by atoms with van der Waals surface area (Å²) in [7, 11) is 3.75. The van der Waals surface area contributed by atoms with E-state index in [0.717, 1.165) is 12.1 Å². The predicted molar refractivity (Wildman–Crippen MR) is 110 cm³/mol. The Morgan fingerprint density at radius 3 is 2.74 bits per heavy atom. The van der Waals surface area contributed by atoms with Crippen LogP contribution in [0.4, 0.5) is 18.9 Å². The van der Waals surface area contributed by atoms with E-state index in [9.17, 15) is 23.1 Å². The number of amides is 1. The van der Waals surface area contributed by atoms with Gasteiger partial charge in [0.25, 0.3) is 5.91 Å². The average Bonchev–Trinajstić information content (AvgIpc) is 2.65. The molecule has 3 N–H and O–H groups in total. The highest BCUT2D eigenvalue weighted by Gasteiger charge is 2.32. The molecule has 1 unspecified atom stereocenters.